The number of nitrogens with zero attached hydrogens (tertiary/aromatic N) is 1. The lowest BCUT2D eigenvalue weighted by atomic mass is 9.94. The van der Waals surface area contributed by atoms with Gasteiger partial charge in [-0.15, -0.1) is 0 Å². The van der Waals surface area contributed by atoms with Crippen molar-refractivity contribution in [3.05, 3.63) is 44.4 Å². The van der Waals surface area contributed by atoms with Gasteiger partial charge in [-0.1, -0.05) is 57.3 Å². The van der Waals surface area contributed by atoms with E-state index in [0.717, 1.165) is 30.1 Å². The quantitative estimate of drug-likeness (QED) is 0.418. The Morgan fingerprint density at radius 3 is 2.30 bits per heavy atom. The van der Waals surface area contributed by atoms with Crippen molar-refractivity contribution in [3.63, 3.8) is 0 Å². The molecule has 0 fully saturated rings. The summed E-state index contributed by atoms with van der Waals surface area (Å²) in [6, 6.07) is 2.39. The molecule has 1 aromatic carbocycles. The van der Waals surface area contributed by atoms with Crippen molar-refractivity contribution >= 4 is 23.2 Å². The number of aromatic nitrogens is 1. The number of hydrogen-bond donors (Lipinski definition) is 0. The number of hydrogen-bond acceptors (Lipinski definition) is 5. The van der Waals surface area contributed by atoms with Crippen molar-refractivity contribution in [1.29, 1.82) is 0 Å². The van der Waals surface area contributed by atoms with Gasteiger partial charge in [0.25, 0.3) is 0 Å². The summed E-state index contributed by atoms with van der Waals surface area (Å²) >= 11 is 12.4. The van der Waals surface area contributed by atoms with Crippen molar-refractivity contribution in [3.8, 4) is 11.4 Å². The van der Waals surface area contributed by atoms with E-state index in [1.165, 1.54) is 6.07 Å². The van der Waals surface area contributed by atoms with Gasteiger partial charge in [0.1, 0.15) is 18.2 Å². The van der Waals surface area contributed by atoms with Crippen LogP contribution in [0.1, 0.15) is 46.3 Å². The van der Waals surface area contributed by atoms with Gasteiger partial charge >= 0.3 is 5.76 Å². The second-order valence-corrected chi connectivity index (χ2v) is 8.50. The molecule has 0 N–H and O–H groups in total. The third kappa shape index (κ3) is 6.48. The van der Waals surface area contributed by atoms with Crippen LogP contribution in [0.4, 0.5) is 4.39 Å². The summed E-state index contributed by atoms with van der Waals surface area (Å²) < 4.78 is 37.2. The molecule has 0 unspecified atom stereocenters. The van der Waals surface area contributed by atoms with Gasteiger partial charge in [0.15, 0.2) is 10.9 Å². The van der Waals surface area contributed by atoms with Gasteiger partial charge in [-0.3, -0.25) is 0 Å². The van der Waals surface area contributed by atoms with Crippen LogP contribution >= 0.6 is 23.2 Å². The highest BCUT2D eigenvalue weighted by Crippen LogP contribution is 2.34. The van der Waals surface area contributed by atoms with Crippen LogP contribution in [-0.2, 0) is 14.9 Å². The van der Waals surface area contributed by atoms with Crippen molar-refractivity contribution < 1.29 is 23.0 Å². The molecule has 9 heteroatoms. The van der Waals surface area contributed by atoms with Crippen molar-refractivity contribution in [1.82, 2.24) is 4.57 Å². The fourth-order valence-electron chi connectivity index (χ4n) is 2.60. The Morgan fingerprint density at radius 2 is 1.70 bits per heavy atom. The maximum absolute atomic E-state index is 14.6. The van der Waals surface area contributed by atoms with E-state index < -0.39 is 17.0 Å². The number of halogens is 3. The van der Waals surface area contributed by atoms with E-state index in [2.05, 4.69) is 6.92 Å². The lowest BCUT2D eigenvalue weighted by Gasteiger charge is -2.15. The zero-order valence-electron chi connectivity index (χ0n) is 17.7. The van der Waals surface area contributed by atoms with Crippen LogP contribution < -0.4 is 10.5 Å². The molecule has 1 aromatic heterocycles. The monoisotopic (exact) mass is 463 g/mol. The van der Waals surface area contributed by atoms with Crippen molar-refractivity contribution in [2.45, 2.75) is 46.0 Å². The summed E-state index contributed by atoms with van der Waals surface area (Å²) in [5, 5.41) is 0.0777. The molecule has 0 aliphatic heterocycles. The van der Waals surface area contributed by atoms with Gasteiger partial charge in [0, 0.05) is 18.1 Å². The number of ether oxygens (including phenoxy) is 3. The molecule has 6 nitrogen and oxygen atoms in total. The van der Waals surface area contributed by atoms with Crippen LogP contribution in [0.2, 0.25) is 10.2 Å². The molecule has 0 radical (unpaired) electrons. The van der Waals surface area contributed by atoms with Crippen molar-refractivity contribution in [2.75, 3.05) is 33.0 Å². The van der Waals surface area contributed by atoms with Crippen LogP contribution in [0.3, 0.4) is 0 Å². The summed E-state index contributed by atoms with van der Waals surface area (Å²) in [5.74, 6) is -1.04. The summed E-state index contributed by atoms with van der Waals surface area (Å²) in [4.78, 5) is 12.3. The van der Waals surface area contributed by atoms with E-state index in [-0.39, 0.29) is 34.0 Å². The molecule has 0 aliphatic rings. The first-order valence-electron chi connectivity index (χ1n) is 9.86. The number of oxazole rings is 1. The van der Waals surface area contributed by atoms with E-state index in [0.29, 0.717) is 19.8 Å². The Kier molecular flexibility index (Phi) is 9.22. The number of unbranched alkanes of at least 4 members (excludes halogenated alkanes) is 1. The standard InChI is InChI=1S/C21H28Cl2FNO5/c1-5-6-7-27-8-9-28-10-11-29-17-13-16(15(24)12-14(17)22)25-19(23)18(21(2,3)4)30-20(25)26/h12-13H,5-11H2,1-4H3. The Balaban J connectivity index is 2.05. The SMILES string of the molecule is CCCCOCCOCCOc1cc(-n2c(Cl)c(C(C)(C)C)oc2=O)c(F)cc1Cl. The van der Waals surface area contributed by atoms with Crippen LogP contribution in [0.5, 0.6) is 5.75 Å². The maximum atomic E-state index is 14.6. The molecule has 0 spiro atoms. The first-order valence-corrected chi connectivity index (χ1v) is 10.6. The van der Waals surface area contributed by atoms with Crippen molar-refractivity contribution in [2.24, 2.45) is 0 Å². The minimum atomic E-state index is -0.788. The van der Waals surface area contributed by atoms with Gasteiger partial charge in [-0.05, 0) is 12.5 Å². The smallest absolute Gasteiger partial charge is 0.425 e. The van der Waals surface area contributed by atoms with Gasteiger partial charge in [0.2, 0.25) is 0 Å². The summed E-state index contributed by atoms with van der Waals surface area (Å²) in [5.41, 5.74) is -0.629. The maximum Gasteiger partial charge on any atom is 0.425 e. The lowest BCUT2D eigenvalue weighted by Crippen LogP contribution is -2.15. The minimum Gasteiger partial charge on any atom is -0.490 e. The minimum absolute atomic E-state index is 0.00563. The molecule has 0 amide bonds. The van der Waals surface area contributed by atoms with Crippen LogP contribution in [0.25, 0.3) is 5.69 Å². The molecular weight excluding hydrogens is 436 g/mol. The van der Waals surface area contributed by atoms with Crippen LogP contribution in [-0.4, -0.2) is 37.6 Å². The molecule has 0 bridgehead atoms. The van der Waals surface area contributed by atoms with Gasteiger partial charge < -0.3 is 18.6 Å². The second kappa shape index (κ2) is 11.2. The highest BCUT2D eigenvalue weighted by Gasteiger charge is 2.28. The number of rotatable bonds is 11. The Bertz CT molecular complexity index is 889. The molecule has 30 heavy (non-hydrogen) atoms. The molecule has 0 saturated heterocycles. The zero-order valence-corrected chi connectivity index (χ0v) is 19.2. The van der Waals surface area contributed by atoms with E-state index in [1.54, 1.807) is 0 Å². The average Bonchev–Trinajstić information content (AvgIpc) is 2.96. The van der Waals surface area contributed by atoms with E-state index in [9.17, 15) is 9.18 Å². The molecule has 168 valence electrons. The van der Waals surface area contributed by atoms with Gasteiger partial charge in [-0.25, -0.2) is 13.8 Å². The summed E-state index contributed by atoms with van der Waals surface area (Å²) in [6.45, 7) is 9.79. The molecule has 1 heterocycles. The largest absolute Gasteiger partial charge is 0.490 e. The van der Waals surface area contributed by atoms with Crippen LogP contribution in [0, 0.1) is 5.82 Å². The number of benzene rings is 1. The second-order valence-electron chi connectivity index (χ2n) is 7.73. The highest BCUT2D eigenvalue weighted by atomic mass is 35.5. The fraction of sp³-hybridized carbons (Fsp3) is 0.571. The van der Waals surface area contributed by atoms with E-state index in [1.807, 2.05) is 20.8 Å². The third-order valence-electron chi connectivity index (χ3n) is 4.18. The fourth-order valence-corrected chi connectivity index (χ4v) is 3.29. The predicted molar refractivity (Wildman–Crippen MR) is 115 cm³/mol. The summed E-state index contributed by atoms with van der Waals surface area (Å²) in [6.07, 6.45) is 2.11. The first kappa shape index (κ1) is 24.7. The van der Waals surface area contributed by atoms with Crippen LogP contribution in [0.15, 0.2) is 21.3 Å². The average molecular weight is 464 g/mol. The molecule has 0 atom stereocenters. The molecule has 2 rings (SSSR count). The molecule has 2 aromatic rings. The van der Waals surface area contributed by atoms with E-state index in [4.69, 9.17) is 41.8 Å². The highest BCUT2D eigenvalue weighted by molar-refractivity contribution is 6.32. The molecular formula is C21H28Cl2FNO5. The van der Waals surface area contributed by atoms with E-state index >= 15 is 0 Å². The normalized spacial score (nSPS) is 11.8. The topological polar surface area (TPSA) is 62.8 Å². The first-order chi connectivity index (χ1) is 14.2. The third-order valence-corrected chi connectivity index (χ3v) is 4.81. The lowest BCUT2D eigenvalue weighted by molar-refractivity contribution is 0.0356. The van der Waals surface area contributed by atoms with Gasteiger partial charge in [-0.2, -0.15) is 0 Å². The Hall–Kier alpha value is -1.54. The summed E-state index contributed by atoms with van der Waals surface area (Å²) in [7, 11) is 0. The zero-order chi connectivity index (χ0) is 22.3. The predicted octanol–water partition coefficient (Wildman–Crippen LogP) is 5.39. The van der Waals surface area contributed by atoms with Gasteiger partial charge in [0.05, 0.1) is 30.5 Å². The Labute approximate surface area is 185 Å². The molecule has 0 saturated carbocycles. The Morgan fingerprint density at radius 1 is 1.07 bits per heavy atom. The molecule has 0 aliphatic carbocycles.